The summed E-state index contributed by atoms with van der Waals surface area (Å²) in [5.74, 6) is -0.924. The zero-order valence-corrected chi connectivity index (χ0v) is 40.0. The maximum absolute atomic E-state index is 12.7. The van der Waals surface area contributed by atoms with Crippen LogP contribution in [0.4, 0.5) is 0 Å². The third-order valence-corrected chi connectivity index (χ3v) is 11.7. The molecule has 3 atom stereocenters. The monoisotopic (exact) mass is 885 g/mol. The highest BCUT2D eigenvalue weighted by molar-refractivity contribution is 7.47. The van der Waals surface area contributed by atoms with Gasteiger partial charge in [0.1, 0.15) is 12.7 Å². The molecular formula is C50H93O10P. The van der Waals surface area contributed by atoms with Crippen LogP contribution >= 0.6 is 7.82 Å². The lowest BCUT2D eigenvalue weighted by atomic mass is 10.1. The van der Waals surface area contributed by atoms with Crippen LogP contribution in [0.25, 0.3) is 0 Å². The zero-order valence-electron chi connectivity index (χ0n) is 39.1. The molecule has 3 unspecified atom stereocenters. The van der Waals surface area contributed by atoms with Crippen LogP contribution in [0.1, 0.15) is 232 Å². The van der Waals surface area contributed by atoms with E-state index in [-0.39, 0.29) is 19.4 Å². The molecule has 0 aliphatic rings. The van der Waals surface area contributed by atoms with Gasteiger partial charge in [0.25, 0.3) is 0 Å². The predicted octanol–water partition coefficient (Wildman–Crippen LogP) is 13.9. The molecule has 0 fully saturated rings. The SMILES string of the molecule is CCCCC/C=C\C/C=C\CCCCCCCCCCCC(=O)OC(COC(=O)CCCCCCCCCCC/C=C\CCCCCCCC)COP(=O)(O)OCC(O)CO. The minimum atomic E-state index is -4.62. The molecule has 0 aliphatic carbocycles. The maximum Gasteiger partial charge on any atom is 0.472 e. The van der Waals surface area contributed by atoms with E-state index in [0.29, 0.717) is 12.8 Å². The molecule has 3 N–H and O–H groups in total. The highest BCUT2D eigenvalue weighted by Crippen LogP contribution is 2.43. The summed E-state index contributed by atoms with van der Waals surface area (Å²) in [6, 6.07) is 0. The fourth-order valence-electron chi connectivity index (χ4n) is 6.90. The standard InChI is InChI=1S/C50H93O10P/c1-3-5-7-9-11-13-15-17-19-21-23-25-27-29-31-33-35-37-39-41-49(53)57-45-48(46-59-61(55,56)58-44-47(52)43-51)60-50(54)42-40-38-36-34-32-30-28-26-24-22-20-18-16-14-12-10-8-6-4-2/h12,14,17-20,47-48,51-52H,3-11,13,15-16,21-46H2,1-2H3,(H,55,56)/b14-12-,19-17-,20-18-. The molecule has 0 aromatic heterocycles. The molecule has 0 bridgehead atoms. The Morgan fingerprint density at radius 2 is 0.852 bits per heavy atom. The van der Waals surface area contributed by atoms with Crippen molar-refractivity contribution in [2.75, 3.05) is 26.4 Å². The van der Waals surface area contributed by atoms with Crippen LogP contribution in [-0.4, -0.2) is 65.7 Å². The van der Waals surface area contributed by atoms with Crippen molar-refractivity contribution in [3.05, 3.63) is 36.5 Å². The van der Waals surface area contributed by atoms with Gasteiger partial charge < -0.3 is 24.6 Å². The second-order valence-electron chi connectivity index (χ2n) is 16.8. The maximum atomic E-state index is 12.7. The molecule has 0 saturated carbocycles. The second-order valence-corrected chi connectivity index (χ2v) is 18.3. The summed E-state index contributed by atoms with van der Waals surface area (Å²) in [6.07, 6.45) is 49.6. The number of aliphatic hydroxyl groups excluding tert-OH is 2. The highest BCUT2D eigenvalue weighted by Gasteiger charge is 2.27. The number of carbonyl (C=O) groups is 2. The van der Waals surface area contributed by atoms with Gasteiger partial charge in [0.05, 0.1) is 19.8 Å². The Balaban J connectivity index is 4.20. The van der Waals surface area contributed by atoms with E-state index in [0.717, 1.165) is 51.4 Å². The van der Waals surface area contributed by atoms with Crippen molar-refractivity contribution in [3.8, 4) is 0 Å². The van der Waals surface area contributed by atoms with E-state index in [1.165, 1.54) is 141 Å². The van der Waals surface area contributed by atoms with E-state index < -0.39 is 51.8 Å². The number of hydrogen-bond donors (Lipinski definition) is 3. The fraction of sp³-hybridized carbons (Fsp3) is 0.840. The summed E-state index contributed by atoms with van der Waals surface area (Å²) in [6.45, 7) is 2.38. The van der Waals surface area contributed by atoms with Crippen LogP contribution in [0.2, 0.25) is 0 Å². The third kappa shape index (κ3) is 46.0. The normalized spacial score (nSPS) is 14.0. The molecule has 0 saturated heterocycles. The first-order valence-electron chi connectivity index (χ1n) is 24.9. The molecule has 10 nitrogen and oxygen atoms in total. The largest absolute Gasteiger partial charge is 0.472 e. The van der Waals surface area contributed by atoms with Gasteiger partial charge in [0.15, 0.2) is 6.10 Å². The number of rotatable bonds is 47. The Bertz CT molecular complexity index is 1110. The molecule has 61 heavy (non-hydrogen) atoms. The molecular weight excluding hydrogens is 792 g/mol. The lowest BCUT2D eigenvalue weighted by molar-refractivity contribution is -0.161. The number of carbonyl (C=O) groups excluding carboxylic acids is 2. The molecule has 0 spiro atoms. The van der Waals surface area contributed by atoms with Crippen molar-refractivity contribution >= 4 is 19.8 Å². The van der Waals surface area contributed by atoms with Crippen molar-refractivity contribution < 1.29 is 47.8 Å². The van der Waals surface area contributed by atoms with E-state index in [9.17, 15) is 24.2 Å². The molecule has 0 aromatic rings. The van der Waals surface area contributed by atoms with Crippen molar-refractivity contribution in [2.45, 2.75) is 244 Å². The Hall–Kier alpha value is -1.81. The lowest BCUT2D eigenvalue weighted by Gasteiger charge is -2.20. The third-order valence-electron chi connectivity index (χ3n) is 10.8. The lowest BCUT2D eigenvalue weighted by Crippen LogP contribution is -2.29. The van der Waals surface area contributed by atoms with Crippen molar-refractivity contribution in [2.24, 2.45) is 0 Å². The average molecular weight is 885 g/mol. The van der Waals surface area contributed by atoms with Gasteiger partial charge in [-0.3, -0.25) is 18.6 Å². The van der Waals surface area contributed by atoms with Gasteiger partial charge in [0.2, 0.25) is 0 Å². The number of phosphoric ester groups is 1. The molecule has 0 rings (SSSR count). The van der Waals surface area contributed by atoms with E-state index >= 15 is 0 Å². The fourth-order valence-corrected chi connectivity index (χ4v) is 7.69. The van der Waals surface area contributed by atoms with Crippen LogP contribution in [-0.2, 0) is 32.7 Å². The average Bonchev–Trinajstić information content (AvgIpc) is 3.25. The van der Waals surface area contributed by atoms with Crippen LogP contribution in [0, 0.1) is 0 Å². The minimum Gasteiger partial charge on any atom is -0.462 e. The second kappa shape index (κ2) is 46.2. The molecule has 0 aromatic carbocycles. The van der Waals surface area contributed by atoms with Crippen LogP contribution in [0.15, 0.2) is 36.5 Å². The van der Waals surface area contributed by atoms with Gasteiger partial charge in [-0.2, -0.15) is 0 Å². The van der Waals surface area contributed by atoms with Gasteiger partial charge in [-0.25, -0.2) is 4.57 Å². The predicted molar refractivity (Wildman–Crippen MR) is 251 cm³/mol. The Morgan fingerprint density at radius 1 is 0.492 bits per heavy atom. The van der Waals surface area contributed by atoms with E-state index in [1.807, 2.05) is 0 Å². The van der Waals surface area contributed by atoms with Crippen LogP contribution in [0.5, 0.6) is 0 Å². The summed E-state index contributed by atoms with van der Waals surface area (Å²) in [5.41, 5.74) is 0. The van der Waals surface area contributed by atoms with Crippen LogP contribution in [0.3, 0.4) is 0 Å². The minimum absolute atomic E-state index is 0.180. The number of phosphoric acid groups is 1. The first kappa shape index (κ1) is 59.2. The summed E-state index contributed by atoms with van der Waals surface area (Å²) in [7, 11) is -4.62. The van der Waals surface area contributed by atoms with Crippen molar-refractivity contribution in [1.29, 1.82) is 0 Å². The van der Waals surface area contributed by atoms with E-state index in [1.54, 1.807) is 0 Å². The van der Waals surface area contributed by atoms with Crippen molar-refractivity contribution in [1.82, 2.24) is 0 Å². The topological polar surface area (TPSA) is 149 Å². The summed E-state index contributed by atoms with van der Waals surface area (Å²) < 4.78 is 32.8. The summed E-state index contributed by atoms with van der Waals surface area (Å²) in [5, 5.41) is 18.4. The summed E-state index contributed by atoms with van der Waals surface area (Å²) >= 11 is 0. The number of hydrogen-bond acceptors (Lipinski definition) is 9. The molecule has 0 amide bonds. The zero-order chi connectivity index (χ0) is 44.8. The van der Waals surface area contributed by atoms with Gasteiger partial charge in [-0.05, 0) is 70.6 Å². The molecule has 358 valence electrons. The quantitative estimate of drug-likeness (QED) is 0.0233. The molecule has 0 radical (unpaired) electrons. The molecule has 11 heteroatoms. The number of allylic oxidation sites excluding steroid dienone is 6. The van der Waals surface area contributed by atoms with Gasteiger partial charge in [0, 0.05) is 12.8 Å². The smallest absolute Gasteiger partial charge is 0.462 e. The van der Waals surface area contributed by atoms with E-state index in [4.69, 9.17) is 23.6 Å². The molecule has 0 heterocycles. The number of esters is 2. The molecule has 0 aliphatic heterocycles. The first-order chi connectivity index (χ1) is 29.7. The number of ether oxygens (including phenoxy) is 2. The Kier molecular flexibility index (Phi) is 44.8. The Labute approximate surface area is 373 Å². The number of unbranched alkanes of at least 4 members (excludes halogenated alkanes) is 27. The summed E-state index contributed by atoms with van der Waals surface area (Å²) in [4.78, 5) is 35.1. The van der Waals surface area contributed by atoms with Gasteiger partial charge >= 0.3 is 19.8 Å². The number of aliphatic hydroxyl groups is 2. The van der Waals surface area contributed by atoms with Crippen molar-refractivity contribution in [3.63, 3.8) is 0 Å². The van der Waals surface area contributed by atoms with Crippen LogP contribution < -0.4 is 0 Å². The first-order valence-corrected chi connectivity index (χ1v) is 26.4. The highest BCUT2D eigenvalue weighted by atomic mass is 31.2. The van der Waals surface area contributed by atoms with E-state index in [2.05, 4.69) is 50.3 Å². The Morgan fingerprint density at radius 3 is 1.31 bits per heavy atom. The van der Waals surface area contributed by atoms with Gasteiger partial charge in [-0.15, -0.1) is 0 Å². The van der Waals surface area contributed by atoms with Gasteiger partial charge in [-0.1, -0.05) is 185 Å².